The first-order chi connectivity index (χ1) is 10.4. The Morgan fingerprint density at radius 2 is 1.82 bits per heavy atom. The Labute approximate surface area is 134 Å². The van der Waals surface area contributed by atoms with Crippen molar-refractivity contribution in [1.82, 2.24) is 0 Å². The van der Waals surface area contributed by atoms with Crippen LogP contribution in [0.1, 0.15) is 58.4 Å². The standard InChI is InChI=1S/C20H26N2/c1-5-16-6-8-17(9-7-16)22-18-10-12-20(13-11-18,14-15-21)19(2,3)4/h1,6-9,18,22H,10-14H2,2-4H3. The van der Waals surface area contributed by atoms with Gasteiger partial charge in [0.2, 0.25) is 0 Å². The van der Waals surface area contributed by atoms with E-state index in [1.165, 1.54) is 0 Å². The van der Waals surface area contributed by atoms with E-state index in [1.54, 1.807) is 0 Å². The van der Waals surface area contributed by atoms with E-state index < -0.39 is 0 Å². The highest BCUT2D eigenvalue weighted by molar-refractivity contribution is 5.48. The van der Waals surface area contributed by atoms with Crippen LogP contribution in [0.5, 0.6) is 0 Å². The summed E-state index contributed by atoms with van der Waals surface area (Å²) in [5.41, 5.74) is 2.39. The van der Waals surface area contributed by atoms with Gasteiger partial charge in [-0.2, -0.15) is 5.26 Å². The molecular formula is C20H26N2. The molecule has 1 aromatic carbocycles. The van der Waals surface area contributed by atoms with Crippen molar-refractivity contribution in [2.75, 3.05) is 5.32 Å². The number of nitrogens with zero attached hydrogens (tertiary/aromatic N) is 1. The molecule has 0 spiro atoms. The lowest BCUT2D eigenvalue weighted by atomic mass is 9.57. The zero-order chi connectivity index (χ0) is 16.2. The molecule has 1 N–H and O–H groups in total. The summed E-state index contributed by atoms with van der Waals surface area (Å²) in [6.07, 6.45) is 10.5. The van der Waals surface area contributed by atoms with Gasteiger partial charge in [0.25, 0.3) is 0 Å². The van der Waals surface area contributed by atoms with Gasteiger partial charge in [0, 0.05) is 23.7 Å². The molecule has 2 heteroatoms. The largest absolute Gasteiger partial charge is 0.382 e. The summed E-state index contributed by atoms with van der Waals surface area (Å²) < 4.78 is 0. The number of benzene rings is 1. The van der Waals surface area contributed by atoms with E-state index in [0.29, 0.717) is 12.5 Å². The third-order valence-corrected chi connectivity index (χ3v) is 5.37. The molecule has 0 radical (unpaired) electrons. The van der Waals surface area contributed by atoms with Crippen LogP contribution >= 0.6 is 0 Å². The van der Waals surface area contributed by atoms with Crippen molar-refractivity contribution in [3.05, 3.63) is 29.8 Å². The van der Waals surface area contributed by atoms with Gasteiger partial charge < -0.3 is 5.32 Å². The molecule has 1 aliphatic carbocycles. The van der Waals surface area contributed by atoms with Crippen LogP contribution in [0.15, 0.2) is 24.3 Å². The molecule has 0 saturated heterocycles. The van der Waals surface area contributed by atoms with Crippen LogP contribution in [0.4, 0.5) is 5.69 Å². The van der Waals surface area contributed by atoms with Crippen molar-refractivity contribution in [1.29, 1.82) is 5.26 Å². The Kier molecular flexibility index (Phi) is 4.82. The topological polar surface area (TPSA) is 35.8 Å². The molecule has 2 rings (SSSR count). The van der Waals surface area contributed by atoms with Crippen LogP contribution in [-0.2, 0) is 0 Å². The summed E-state index contributed by atoms with van der Waals surface area (Å²) in [4.78, 5) is 0. The zero-order valence-corrected chi connectivity index (χ0v) is 13.9. The molecule has 0 atom stereocenters. The van der Waals surface area contributed by atoms with E-state index in [-0.39, 0.29) is 10.8 Å². The molecular weight excluding hydrogens is 268 g/mol. The van der Waals surface area contributed by atoms with Gasteiger partial charge in [0.1, 0.15) is 0 Å². The number of anilines is 1. The van der Waals surface area contributed by atoms with Crippen molar-refractivity contribution < 1.29 is 0 Å². The molecule has 1 aromatic rings. The summed E-state index contributed by atoms with van der Waals surface area (Å²) in [7, 11) is 0. The number of nitrogens with one attached hydrogen (secondary N) is 1. The molecule has 1 aliphatic rings. The smallest absolute Gasteiger partial charge is 0.0627 e. The highest BCUT2D eigenvalue weighted by atomic mass is 14.9. The maximum Gasteiger partial charge on any atom is 0.0627 e. The van der Waals surface area contributed by atoms with Crippen LogP contribution < -0.4 is 5.32 Å². The first-order valence-electron chi connectivity index (χ1n) is 8.10. The lowest BCUT2D eigenvalue weighted by Gasteiger charge is -2.48. The molecule has 116 valence electrons. The normalized spacial score (nSPS) is 25.0. The second kappa shape index (κ2) is 6.45. The van der Waals surface area contributed by atoms with Gasteiger partial charge in [0.05, 0.1) is 6.07 Å². The highest BCUT2D eigenvalue weighted by Gasteiger charge is 2.44. The van der Waals surface area contributed by atoms with Gasteiger partial charge in [-0.25, -0.2) is 0 Å². The highest BCUT2D eigenvalue weighted by Crippen LogP contribution is 2.52. The molecule has 0 aromatic heterocycles. The lowest BCUT2D eigenvalue weighted by molar-refractivity contribution is 0.0405. The molecule has 0 amide bonds. The van der Waals surface area contributed by atoms with Gasteiger partial charge in [-0.05, 0) is 60.8 Å². The second-order valence-corrected chi connectivity index (χ2v) is 7.51. The maximum absolute atomic E-state index is 9.22. The third-order valence-electron chi connectivity index (χ3n) is 5.37. The summed E-state index contributed by atoms with van der Waals surface area (Å²) in [5.74, 6) is 2.64. The van der Waals surface area contributed by atoms with Crippen molar-refractivity contribution >= 4 is 5.69 Å². The van der Waals surface area contributed by atoms with Crippen molar-refractivity contribution in [3.8, 4) is 18.4 Å². The maximum atomic E-state index is 9.22. The minimum absolute atomic E-state index is 0.160. The molecule has 22 heavy (non-hydrogen) atoms. The van der Waals surface area contributed by atoms with Gasteiger partial charge >= 0.3 is 0 Å². The fraction of sp³-hybridized carbons (Fsp3) is 0.550. The molecule has 0 heterocycles. The zero-order valence-electron chi connectivity index (χ0n) is 13.9. The molecule has 1 saturated carbocycles. The fourth-order valence-electron chi connectivity index (χ4n) is 3.56. The van der Waals surface area contributed by atoms with Gasteiger partial charge in [-0.3, -0.25) is 0 Å². The summed E-state index contributed by atoms with van der Waals surface area (Å²) in [6.45, 7) is 6.82. The number of hydrogen-bond acceptors (Lipinski definition) is 2. The van der Waals surface area contributed by atoms with E-state index in [1.807, 2.05) is 12.1 Å². The average molecular weight is 294 g/mol. The van der Waals surface area contributed by atoms with E-state index in [2.05, 4.69) is 50.2 Å². The Bertz CT molecular complexity index is 570. The fourth-order valence-corrected chi connectivity index (χ4v) is 3.56. The molecule has 0 unspecified atom stereocenters. The third kappa shape index (κ3) is 3.45. The Morgan fingerprint density at radius 1 is 1.23 bits per heavy atom. The Morgan fingerprint density at radius 3 is 2.27 bits per heavy atom. The lowest BCUT2D eigenvalue weighted by Crippen LogP contribution is -2.41. The van der Waals surface area contributed by atoms with E-state index in [9.17, 15) is 5.26 Å². The van der Waals surface area contributed by atoms with Crippen LogP contribution in [0.2, 0.25) is 0 Å². The van der Waals surface area contributed by atoms with E-state index in [0.717, 1.165) is 36.9 Å². The van der Waals surface area contributed by atoms with Crippen LogP contribution in [0.3, 0.4) is 0 Å². The van der Waals surface area contributed by atoms with Crippen LogP contribution in [0, 0.1) is 34.5 Å². The van der Waals surface area contributed by atoms with Crippen LogP contribution in [0.25, 0.3) is 0 Å². The summed E-state index contributed by atoms with van der Waals surface area (Å²) in [5, 5.41) is 12.8. The van der Waals surface area contributed by atoms with Crippen molar-refractivity contribution in [2.24, 2.45) is 10.8 Å². The molecule has 1 fully saturated rings. The minimum atomic E-state index is 0.160. The van der Waals surface area contributed by atoms with Crippen molar-refractivity contribution in [2.45, 2.75) is 58.9 Å². The predicted octanol–water partition coefficient (Wildman–Crippen LogP) is 4.97. The molecule has 2 nitrogen and oxygen atoms in total. The first-order valence-corrected chi connectivity index (χ1v) is 8.10. The van der Waals surface area contributed by atoms with Gasteiger partial charge in [-0.15, -0.1) is 6.42 Å². The van der Waals surface area contributed by atoms with E-state index >= 15 is 0 Å². The summed E-state index contributed by atoms with van der Waals surface area (Å²) >= 11 is 0. The number of terminal acetylenes is 1. The minimum Gasteiger partial charge on any atom is -0.382 e. The summed E-state index contributed by atoms with van der Waals surface area (Å²) in [6, 6.07) is 11.0. The first kappa shape index (κ1) is 16.4. The quantitative estimate of drug-likeness (QED) is 0.799. The monoisotopic (exact) mass is 294 g/mol. The van der Waals surface area contributed by atoms with Crippen LogP contribution in [-0.4, -0.2) is 6.04 Å². The van der Waals surface area contributed by atoms with E-state index in [4.69, 9.17) is 6.42 Å². The Hall–Kier alpha value is -1.93. The number of rotatable bonds is 3. The van der Waals surface area contributed by atoms with Gasteiger partial charge in [-0.1, -0.05) is 26.7 Å². The van der Waals surface area contributed by atoms with Gasteiger partial charge in [0.15, 0.2) is 0 Å². The molecule has 0 aliphatic heterocycles. The van der Waals surface area contributed by atoms with Crippen molar-refractivity contribution in [3.63, 3.8) is 0 Å². The number of hydrogen-bond donors (Lipinski definition) is 1. The number of nitriles is 1. The Balaban J connectivity index is 1.99. The second-order valence-electron chi connectivity index (χ2n) is 7.51. The average Bonchev–Trinajstić information content (AvgIpc) is 2.49. The predicted molar refractivity (Wildman–Crippen MR) is 92.4 cm³/mol. The molecule has 0 bridgehead atoms. The SMILES string of the molecule is C#Cc1ccc(NC2CCC(CC#N)(C(C)(C)C)CC2)cc1.